The molecule has 1 atom stereocenters. The maximum Gasteiger partial charge on any atom is 0.252 e. The SMILES string of the molecule is CCc1ccc2nc(N3CCN(C(=O)C4CCCN(S(=O)(=O)c5ccc(Cl)s5)C4)CC3)sc2c1. The molecule has 2 aliphatic rings. The average Bonchev–Trinajstić information content (AvgIpc) is 3.50. The van der Waals surface area contributed by atoms with Gasteiger partial charge < -0.3 is 9.80 Å². The smallest absolute Gasteiger partial charge is 0.252 e. The van der Waals surface area contributed by atoms with Gasteiger partial charge in [0.25, 0.3) is 10.0 Å². The molecule has 3 aromatic rings. The van der Waals surface area contributed by atoms with Crippen LogP contribution in [0, 0.1) is 5.92 Å². The Morgan fingerprint density at radius 1 is 1.12 bits per heavy atom. The van der Waals surface area contributed by atoms with Crippen LogP contribution in [0.5, 0.6) is 0 Å². The standard InChI is InChI=1S/C23H27ClN4O3S3/c1-2-16-5-6-18-19(14-16)32-23(25-18)27-12-10-26(11-13-27)22(29)17-4-3-9-28(15-17)34(30,31)21-8-7-20(24)33-21/h5-8,14,17H,2-4,9-13,15H2,1H3. The van der Waals surface area contributed by atoms with Crippen molar-refractivity contribution in [1.29, 1.82) is 0 Å². The number of piperazine rings is 1. The van der Waals surface area contributed by atoms with Crippen LogP contribution < -0.4 is 4.90 Å². The van der Waals surface area contributed by atoms with Crippen molar-refractivity contribution in [3.05, 3.63) is 40.2 Å². The zero-order valence-corrected chi connectivity index (χ0v) is 22.1. The topological polar surface area (TPSA) is 73.8 Å². The average molecular weight is 539 g/mol. The summed E-state index contributed by atoms with van der Waals surface area (Å²) in [6.45, 7) is 5.53. The number of aryl methyl sites for hydroxylation is 1. The monoisotopic (exact) mass is 538 g/mol. The zero-order valence-electron chi connectivity index (χ0n) is 18.9. The van der Waals surface area contributed by atoms with E-state index in [0.29, 0.717) is 36.8 Å². The number of fused-ring (bicyclic) bond motifs is 1. The lowest BCUT2D eigenvalue weighted by molar-refractivity contribution is -0.137. The number of hydrogen-bond donors (Lipinski definition) is 0. The van der Waals surface area contributed by atoms with E-state index in [1.165, 1.54) is 20.6 Å². The first-order valence-electron chi connectivity index (χ1n) is 11.5. The van der Waals surface area contributed by atoms with Gasteiger partial charge in [-0.25, -0.2) is 13.4 Å². The lowest BCUT2D eigenvalue weighted by atomic mass is 9.98. The summed E-state index contributed by atoms with van der Waals surface area (Å²) in [6.07, 6.45) is 2.40. The number of hydrogen-bond acceptors (Lipinski definition) is 7. The Labute approximate surface area is 213 Å². The molecule has 1 unspecified atom stereocenters. The van der Waals surface area contributed by atoms with Crippen LogP contribution in [0.25, 0.3) is 10.2 Å². The van der Waals surface area contributed by atoms with Crippen molar-refractivity contribution in [3.8, 4) is 0 Å². The van der Waals surface area contributed by atoms with Gasteiger partial charge in [0.1, 0.15) is 4.21 Å². The Morgan fingerprint density at radius 2 is 1.91 bits per heavy atom. The number of rotatable bonds is 5. The number of piperidine rings is 1. The van der Waals surface area contributed by atoms with Gasteiger partial charge in [0.05, 0.1) is 20.5 Å². The molecule has 7 nitrogen and oxygen atoms in total. The Kier molecular flexibility index (Phi) is 6.87. The van der Waals surface area contributed by atoms with Crippen LogP contribution in [0.4, 0.5) is 5.13 Å². The molecule has 0 N–H and O–H groups in total. The third kappa shape index (κ3) is 4.70. The van der Waals surface area contributed by atoms with Gasteiger partial charge in [-0.05, 0) is 49.1 Å². The number of sulfonamides is 1. The van der Waals surface area contributed by atoms with Crippen LogP contribution in [0.3, 0.4) is 0 Å². The maximum atomic E-state index is 13.3. The number of amides is 1. The number of carbonyl (C=O) groups excluding carboxylic acids is 1. The highest BCUT2D eigenvalue weighted by atomic mass is 35.5. The highest BCUT2D eigenvalue weighted by Crippen LogP contribution is 2.32. The van der Waals surface area contributed by atoms with Crippen molar-refractivity contribution >= 4 is 65.6 Å². The minimum atomic E-state index is -3.62. The van der Waals surface area contributed by atoms with Crippen molar-refractivity contribution in [2.24, 2.45) is 5.92 Å². The fraction of sp³-hybridized carbons (Fsp3) is 0.478. The van der Waals surface area contributed by atoms with Crippen molar-refractivity contribution in [3.63, 3.8) is 0 Å². The van der Waals surface area contributed by atoms with E-state index in [1.807, 2.05) is 4.90 Å². The molecular formula is C23H27ClN4O3S3. The van der Waals surface area contributed by atoms with Crippen LogP contribution in [-0.2, 0) is 21.2 Å². The molecule has 0 saturated carbocycles. The van der Waals surface area contributed by atoms with Crippen molar-refractivity contribution < 1.29 is 13.2 Å². The lowest BCUT2D eigenvalue weighted by Gasteiger charge is -2.38. The molecule has 0 spiro atoms. The third-order valence-corrected chi connectivity index (χ3v) is 11.2. The quantitative estimate of drug-likeness (QED) is 0.483. The van der Waals surface area contributed by atoms with Crippen LogP contribution in [0.2, 0.25) is 4.34 Å². The van der Waals surface area contributed by atoms with E-state index < -0.39 is 10.0 Å². The van der Waals surface area contributed by atoms with E-state index in [4.69, 9.17) is 16.6 Å². The Balaban J connectivity index is 1.21. The molecule has 182 valence electrons. The highest BCUT2D eigenvalue weighted by molar-refractivity contribution is 7.91. The van der Waals surface area contributed by atoms with Crippen molar-refractivity contribution in [2.75, 3.05) is 44.2 Å². The van der Waals surface area contributed by atoms with E-state index in [-0.39, 0.29) is 22.6 Å². The fourth-order valence-corrected chi connectivity index (χ4v) is 8.86. The van der Waals surface area contributed by atoms with Gasteiger partial charge in [-0.1, -0.05) is 35.9 Å². The summed E-state index contributed by atoms with van der Waals surface area (Å²) in [5.74, 6) is -0.249. The second-order valence-electron chi connectivity index (χ2n) is 8.73. The molecule has 1 aromatic carbocycles. The molecule has 0 bridgehead atoms. The summed E-state index contributed by atoms with van der Waals surface area (Å²) in [6, 6.07) is 9.56. The number of aromatic nitrogens is 1. The molecule has 2 aliphatic heterocycles. The first kappa shape index (κ1) is 24.0. The zero-order chi connectivity index (χ0) is 23.9. The van der Waals surface area contributed by atoms with Gasteiger partial charge in [-0.2, -0.15) is 4.31 Å². The number of halogens is 1. The molecular weight excluding hydrogens is 512 g/mol. The molecule has 34 heavy (non-hydrogen) atoms. The number of thiazole rings is 1. The maximum absolute atomic E-state index is 13.3. The van der Waals surface area contributed by atoms with Crippen molar-refractivity contribution in [1.82, 2.24) is 14.2 Å². The van der Waals surface area contributed by atoms with E-state index in [0.717, 1.165) is 41.5 Å². The predicted molar refractivity (Wildman–Crippen MR) is 139 cm³/mol. The molecule has 1 amide bonds. The minimum absolute atomic E-state index is 0.0562. The Morgan fingerprint density at radius 3 is 2.62 bits per heavy atom. The van der Waals surface area contributed by atoms with E-state index in [1.54, 1.807) is 17.4 Å². The molecule has 5 rings (SSSR count). The first-order chi connectivity index (χ1) is 16.3. The van der Waals surface area contributed by atoms with Crippen LogP contribution in [0.15, 0.2) is 34.5 Å². The number of benzene rings is 1. The van der Waals surface area contributed by atoms with Gasteiger partial charge in [0.15, 0.2) is 5.13 Å². The van der Waals surface area contributed by atoms with Crippen LogP contribution in [-0.4, -0.2) is 67.8 Å². The summed E-state index contributed by atoms with van der Waals surface area (Å²) >= 11 is 8.71. The van der Waals surface area contributed by atoms with Crippen LogP contribution in [0.1, 0.15) is 25.3 Å². The highest BCUT2D eigenvalue weighted by Gasteiger charge is 2.36. The van der Waals surface area contributed by atoms with Gasteiger partial charge in [-0.15, -0.1) is 11.3 Å². The second-order valence-corrected chi connectivity index (χ2v) is 13.6. The van der Waals surface area contributed by atoms with Gasteiger partial charge in [-0.3, -0.25) is 4.79 Å². The van der Waals surface area contributed by atoms with Gasteiger partial charge >= 0.3 is 0 Å². The summed E-state index contributed by atoms with van der Waals surface area (Å²) in [4.78, 5) is 22.2. The van der Waals surface area contributed by atoms with E-state index >= 15 is 0 Å². The molecule has 11 heteroatoms. The summed E-state index contributed by atoms with van der Waals surface area (Å²) < 4.78 is 29.3. The predicted octanol–water partition coefficient (Wildman–Crippen LogP) is 4.32. The number of anilines is 1. The summed E-state index contributed by atoms with van der Waals surface area (Å²) in [5.41, 5.74) is 2.33. The number of thiophene rings is 1. The fourth-order valence-electron chi connectivity index (χ4n) is 4.61. The van der Waals surface area contributed by atoms with Gasteiger partial charge in [0, 0.05) is 39.3 Å². The van der Waals surface area contributed by atoms with E-state index in [2.05, 4.69) is 30.0 Å². The Bertz CT molecular complexity index is 1300. The second kappa shape index (κ2) is 9.73. The normalized spacial score (nSPS) is 20.2. The third-order valence-electron chi connectivity index (χ3n) is 6.59. The number of carbonyl (C=O) groups is 1. The molecule has 0 radical (unpaired) electrons. The van der Waals surface area contributed by atoms with Crippen LogP contribution >= 0.6 is 34.3 Å². The minimum Gasteiger partial charge on any atom is -0.345 e. The first-order valence-corrected chi connectivity index (χ1v) is 15.0. The lowest BCUT2D eigenvalue weighted by Crippen LogP contribution is -2.53. The molecule has 2 fully saturated rings. The summed E-state index contributed by atoms with van der Waals surface area (Å²) in [7, 11) is -3.62. The largest absolute Gasteiger partial charge is 0.345 e. The molecule has 2 saturated heterocycles. The Hall–Kier alpha value is -1.72. The molecule has 4 heterocycles. The van der Waals surface area contributed by atoms with Crippen molar-refractivity contribution in [2.45, 2.75) is 30.4 Å². The number of nitrogens with zero attached hydrogens (tertiary/aromatic N) is 4. The molecule has 0 aliphatic carbocycles. The van der Waals surface area contributed by atoms with Gasteiger partial charge in [0.2, 0.25) is 5.91 Å². The summed E-state index contributed by atoms with van der Waals surface area (Å²) in [5, 5.41) is 1.000. The molecule has 2 aromatic heterocycles. The van der Waals surface area contributed by atoms with E-state index in [9.17, 15) is 13.2 Å².